The standard InChI is InChI=1S/C29H39N5O4/c1-38-22-28(36)34(20-23-8-4-2-5-9-23)21-27(35)30-25-12-14-26(15-13-25)32-16-18-33(19-17-32)29(37)31-24-10-6-3-7-11-24/h2,4-5,8-9,12-15,24H,3,6-7,10-11,16-22H2,1H3,(H,30,35)(H,31,37). The van der Waals surface area contributed by atoms with Gasteiger partial charge in [-0.3, -0.25) is 9.59 Å². The maximum Gasteiger partial charge on any atom is 0.317 e. The van der Waals surface area contributed by atoms with E-state index >= 15 is 0 Å². The molecule has 2 fully saturated rings. The van der Waals surface area contributed by atoms with E-state index in [4.69, 9.17) is 4.74 Å². The van der Waals surface area contributed by atoms with Crippen LogP contribution in [0.3, 0.4) is 0 Å². The first-order chi connectivity index (χ1) is 18.5. The summed E-state index contributed by atoms with van der Waals surface area (Å²) in [5, 5.41) is 6.10. The Hall–Kier alpha value is -3.59. The van der Waals surface area contributed by atoms with Gasteiger partial charge in [-0.1, -0.05) is 49.6 Å². The fourth-order valence-electron chi connectivity index (χ4n) is 5.06. The molecule has 204 valence electrons. The quantitative estimate of drug-likeness (QED) is 0.527. The van der Waals surface area contributed by atoms with E-state index in [1.54, 1.807) is 0 Å². The molecule has 0 atom stereocenters. The second-order valence-corrected chi connectivity index (χ2v) is 10.0. The van der Waals surface area contributed by atoms with Gasteiger partial charge in [-0.15, -0.1) is 0 Å². The minimum absolute atomic E-state index is 0.0555. The van der Waals surface area contributed by atoms with Crippen molar-refractivity contribution in [2.75, 3.05) is 56.7 Å². The Kier molecular flexibility index (Phi) is 9.97. The minimum atomic E-state index is -0.268. The number of benzene rings is 2. The molecule has 1 aliphatic carbocycles. The number of nitrogens with zero attached hydrogens (tertiary/aromatic N) is 3. The smallest absolute Gasteiger partial charge is 0.317 e. The van der Waals surface area contributed by atoms with Gasteiger partial charge < -0.3 is 30.1 Å². The van der Waals surface area contributed by atoms with Crippen molar-refractivity contribution in [3.8, 4) is 0 Å². The maximum absolute atomic E-state index is 12.8. The molecular weight excluding hydrogens is 482 g/mol. The molecular formula is C29H39N5O4. The van der Waals surface area contributed by atoms with Gasteiger partial charge in [-0.25, -0.2) is 4.79 Å². The fraction of sp³-hybridized carbons (Fsp3) is 0.483. The molecule has 1 saturated heterocycles. The Morgan fingerprint density at radius 3 is 2.26 bits per heavy atom. The number of urea groups is 1. The summed E-state index contributed by atoms with van der Waals surface area (Å²) in [6, 6.07) is 17.6. The van der Waals surface area contributed by atoms with Crippen molar-refractivity contribution in [2.45, 2.75) is 44.7 Å². The van der Waals surface area contributed by atoms with Crippen LogP contribution in [0.15, 0.2) is 54.6 Å². The second kappa shape index (κ2) is 13.8. The first kappa shape index (κ1) is 27.4. The van der Waals surface area contributed by atoms with Gasteiger partial charge in [0.25, 0.3) is 0 Å². The summed E-state index contributed by atoms with van der Waals surface area (Å²) in [7, 11) is 1.46. The van der Waals surface area contributed by atoms with E-state index in [2.05, 4.69) is 15.5 Å². The molecule has 0 unspecified atom stereocenters. The highest BCUT2D eigenvalue weighted by Gasteiger charge is 2.24. The first-order valence-corrected chi connectivity index (χ1v) is 13.5. The fourth-order valence-corrected chi connectivity index (χ4v) is 5.06. The Morgan fingerprint density at radius 1 is 0.921 bits per heavy atom. The van der Waals surface area contributed by atoms with Gasteiger partial charge in [0.15, 0.2) is 0 Å². The maximum atomic E-state index is 12.8. The molecule has 4 amide bonds. The summed E-state index contributed by atoms with van der Waals surface area (Å²) in [5.41, 5.74) is 2.67. The number of amides is 4. The van der Waals surface area contributed by atoms with Crippen LogP contribution >= 0.6 is 0 Å². The van der Waals surface area contributed by atoms with Crippen LogP contribution in [0.2, 0.25) is 0 Å². The SMILES string of the molecule is COCC(=O)N(CC(=O)Nc1ccc(N2CCN(C(=O)NC3CCCCC3)CC2)cc1)Cc1ccccc1. The molecule has 38 heavy (non-hydrogen) atoms. The van der Waals surface area contributed by atoms with E-state index in [9.17, 15) is 14.4 Å². The molecule has 0 spiro atoms. The number of hydrogen-bond donors (Lipinski definition) is 2. The minimum Gasteiger partial charge on any atom is -0.375 e. The molecule has 1 heterocycles. The molecule has 1 saturated carbocycles. The average Bonchev–Trinajstić information content (AvgIpc) is 2.94. The number of piperazine rings is 1. The van der Waals surface area contributed by atoms with E-state index in [0.717, 1.165) is 37.2 Å². The van der Waals surface area contributed by atoms with Gasteiger partial charge in [-0.2, -0.15) is 0 Å². The largest absolute Gasteiger partial charge is 0.375 e. The lowest BCUT2D eigenvalue weighted by atomic mass is 9.96. The third-order valence-corrected chi connectivity index (χ3v) is 7.19. The summed E-state index contributed by atoms with van der Waals surface area (Å²) >= 11 is 0. The Balaban J connectivity index is 1.25. The van der Waals surface area contributed by atoms with Crippen LogP contribution in [-0.4, -0.2) is 80.1 Å². The van der Waals surface area contributed by atoms with E-state index in [1.165, 1.54) is 31.3 Å². The highest BCUT2D eigenvalue weighted by molar-refractivity contribution is 5.94. The van der Waals surface area contributed by atoms with Gasteiger partial charge in [-0.05, 0) is 42.7 Å². The van der Waals surface area contributed by atoms with E-state index in [-0.39, 0.29) is 31.0 Å². The number of ether oxygens (including phenoxy) is 1. The normalized spacial score (nSPS) is 16.1. The molecule has 4 rings (SSSR count). The van der Waals surface area contributed by atoms with E-state index in [0.29, 0.717) is 31.4 Å². The number of rotatable bonds is 9. The zero-order valence-corrected chi connectivity index (χ0v) is 22.2. The summed E-state index contributed by atoms with van der Waals surface area (Å²) in [6.07, 6.45) is 5.85. The second-order valence-electron chi connectivity index (χ2n) is 10.0. The van der Waals surface area contributed by atoms with Gasteiger partial charge in [0.2, 0.25) is 11.8 Å². The Morgan fingerprint density at radius 2 is 1.61 bits per heavy atom. The lowest BCUT2D eigenvalue weighted by molar-refractivity contribution is -0.138. The molecule has 2 N–H and O–H groups in total. The highest BCUT2D eigenvalue weighted by Crippen LogP contribution is 2.21. The van der Waals surface area contributed by atoms with Crippen molar-refractivity contribution in [2.24, 2.45) is 0 Å². The molecule has 9 nitrogen and oxygen atoms in total. The molecule has 1 aliphatic heterocycles. The van der Waals surface area contributed by atoms with Gasteiger partial charge in [0.05, 0.1) is 0 Å². The van der Waals surface area contributed by atoms with Crippen molar-refractivity contribution in [3.63, 3.8) is 0 Å². The zero-order valence-electron chi connectivity index (χ0n) is 22.2. The average molecular weight is 522 g/mol. The van der Waals surface area contributed by atoms with Crippen LogP contribution in [-0.2, 0) is 20.9 Å². The predicted octanol–water partition coefficient (Wildman–Crippen LogP) is 3.46. The number of nitrogens with one attached hydrogen (secondary N) is 2. The van der Waals surface area contributed by atoms with Crippen molar-refractivity contribution >= 4 is 29.2 Å². The van der Waals surface area contributed by atoms with Crippen LogP contribution in [0.5, 0.6) is 0 Å². The third-order valence-electron chi connectivity index (χ3n) is 7.19. The number of anilines is 2. The molecule has 2 aliphatic rings. The van der Waals surface area contributed by atoms with Crippen LogP contribution < -0.4 is 15.5 Å². The molecule has 2 aromatic rings. The van der Waals surface area contributed by atoms with Gasteiger partial charge in [0.1, 0.15) is 13.2 Å². The zero-order chi connectivity index (χ0) is 26.7. The summed E-state index contributed by atoms with van der Waals surface area (Å²) in [6.45, 7) is 3.08. The molecule has 0 aromatic heterocycles. The monoisotopic (exact) mass is 521 g/mol. The Labute approximate surface area is 225 Å². The number of carbonyl (C=O) groups is 3. The highest BCUT2D eigenvalue weighted by atomic mass is 16.5. The van der Waals surface area contributed by atoms with Gasteiger partial charge >= 0.3 is 6.03 Å². The van der Waals surface area contributed by atoms with Crippen molar-refractivity contribution in [1.82, 2.24) is 15.1 Å². The van der Waals surface area contributed by atoms with Crippen LogP contribution in [0.4, 0.5) is 16.2 Å². The molecule has 2 aromatic carbocycles. The molecule has 0 bridgehead atoms. The molecule has 0 radical (unpaired) electrons. The number of methoxy groups -OCH3 is 1. The van der Waals surface area contributed by atoms with E-state index < -0.39 is 0 Å². The summed E-state index contributed by atoms with van der Waals surface area (Å²) in [4.78, 5) is 43.5. The molecule has 9 heteroatoms. The lowest BCUT2D eigenvalue weighted by Crippen LogP contribution is -2.53. The van der Waals surface area contributed by atoms with Crippen molar-refractivity contribution in [1.29, 1.82) is 0 Å². The number of carbonyl (C=O) groups excluding carboxylic acids is 3. The third kappa shape index (κ3) is 7.95. The van der Waals surface area contributed by atoms with Crippen molar-refractivity contribution in [3.05, 3.63) is 60.2 Å². The van der Waals surface area contributed by atoms with E-state index in [1.807, 2.05) is 59.5 Å². The topological polar surface area (TPSA) is 94.2 Å². The van der Waals surface area contributed by atoms with Crippen molar-refractivity contribution < 1.29 is 19.1 Å². The lowest BCUT2D eigenvalue weighted by Gasteiger charge is -2.37. The van der Waals surface area contributed by atoms with Gasteiger partial charge in [0, 0.05) is 57.3 Å². The summed E-state index contributed by atoms with van der Waals surface area (Å²) in [5.74, 6) is -0.510. The van der Waals surface area contributed by atoms with Crippen LogP contribution in [0.25, 0.3) is 0 Å². The first-order valence-electron chi connectivity index (χ1n) is 13.5. The Bertz CT molecular complexity index is 1050. The summed E-state index contributed by atoms with van der Waals surface area (Å²) < 4.78 is 4.99. The van der Waals surface area contributed by atoms with Crippen LogP contribution in [0, 0.1) is 0 Å². The number of hydrogen-bond acceptors (Lipinski definition) is 5. The van der Waals surface area contributed by atoms with Crippen LogP contribution in [0.1, 0.15) is 37.7 Å². The predicted molar refractivity (Wildman–Crippen MR) is 148 cm³/mol.